The van der Waals surface area contributed by atoms with Crippen LogP contribution in [0.4, 0.5) is 0 Å². The quantitative estimate of drug-likeness (QED) is 0.852. The van der Waals surface area contributed by atoms with Crippen molar-refractivity contribution in [1.82, 2.24) is 14.3 Å². The summed E-state index contributed by atoms with van der Waals surface area (Å²) in [5.41, 5.74) is 1.08. The summed E-state index contributed by atoms with van der Waals surface area (Å²) in [5.74, 6) is 1.80. The van der Waals surface area contributed by atoms with Gasteiger partial charge in [0, 0.05) is 12.1 Å². The molecule has 0 radical (unpaired) electrons. The van der Waals surface area contributed by atoms with Gasteiger partial charge in [-0.2, -0.15) is 4.68 Å². The molecule has 6 heteroatoms. The fourth-order valence-corrected chi connectivity index (χ4v) is 3.53. The number of hydrogen-bond donors (Lipinski definition) is 1. The summed E-state index contributed by atoms with van der Waals surface area (Å²) in [6.45, 7) is 6.25. The lowest BCUT2D eigenvalue weighted by Crippen LogP contribution is -3.12. The molecule has 1 aromatic carbocycles. The van der Waals surface area contributed by atoms with Gasteiger partial charge in [-0.05, 0) is 62.7 Å². The van der Waals surface area contributed by atoms with Crippen molar-refractivity contribution >= 4 is 12.2 Å². The molecule has 124 valence electrons. The molecule has 1 saturated heterocycles. The molecular weight excluding hydrogens is 308 g/mol. The zero-order valence-electron chi connectivity index (χ0n) is 13.9. The molecular formula is C17H25N4OS+. The Balaban J connectivity index is 1.90. The van der Waals surface area contributed by atoms with Gasteiger partial charge in [-0.1, -0.05) is 0 Å². The lowest BCUT2D eigenvalue weighted by atomic mass is 10.1. The van der Waals surface area contributed by atoms with Crippen LogP contribution in [0.5, 0.6) is 5.75 Å². The van der Waals surface area contributed by atoms with Gasteiger partial charge in [-0.25, -0.2) is 0 Å². The van der Waals surface area contributed by atoms with Gasteiger partial charge < -0.3 is 14.2 Å². The molecule has 0 amide bonds. The van der Waals surface area contributed by atoms with E-state index in [0.29, 0.717) is 0 Å². The van der Waals surface area contributed by atoms with Crippen LogP contribution in [0.3, 0.4) is 0 Å². The Hall–Kier alpha value is -1.66. The lowest BCUT2D eigenvalue weighted by molar-refractivity contribution is -0.928. The van der Waals surface area contributed by atoms with E-state index >= 15 is 0 Å². The van der Waals surface area contributed by atoms with Crippen LogP contribution in [0.25, 0.3) is 11.4 Å². The zero-order chi connectivity index (χ0) is 16.2. The van der Waals surface area contributed by atoms with Crippen LogP contribution in [0.2, 0.25) is 0 Å². The van der Waals surface area contributed by atoms with Crippen LogP contribution >= 0.6 is 12.2 Å². The minimum atomic E-state index is 0.816. The Bertz CT molecular complexity index is 698. The standard InChI is InChI=1S/C17H24N4OS/c1-3-20-16(14-7-9-15(22-2)10-8-14)18-21(17(20)23)13-19-11-5-4-6-12-19/h7-10H,3-6,11-13H2,1-2H3/p+1. The zero-order valence-corrected chi connectivity index (χ0v) is 14.7. The average Bonchev–Trinajstić information content (AvgIpc) is 2.92. The highest BCUT2D eigenvalue weighted by Gasteiger charge is 2.18. The fourth-order valence-electron chi connectivity index (χ4n) is 3.20. The van der Waals surface area contributed by atoms with Gasteiger partial charge in [0.15, 0.2) is 12.5 Å². The normalized spacial score (nSPS) is 15.7. The maximum absolute atomic E-state index is 5.65. The number of quaternary nitrogens is 1. The van der Waals surface area contributed by atoms with E-state index in [1.165, 1.54) is 32.4 Å². The van der Waals surface area contributed by atoms with Crippen molar-refractivity contribution in [1.29, 1.82) is 0 Å². The largest absolute Gasteiger partial charge is 0.497 e. The number of rotatable bonds is 5. The summed E-state index contributed by atoms with van der Waals surface area (Å²) in [7, 11) is 1.68. The van der Waals surface area contributed by atoms with Crippen molar-refractivity contribution in [3.63, 3.8) is 0 Å². The highest BCUT2D eigenvalue weighted by molar-refractivity contribution is 7.71. The molecule has 1 fully saturated rings. The van der Waals surface area contributed by atoms with Gasteiger partial charge in [-0.3, -0.25) is 0 Å². The van der Waals surface area contributed by atoms with Crippen LogP contribution in [0, 0.1) is 4.77 Å². The van der Waals surface area contributed by atoms with Gasteiger partial charge in [0.25, 0.3) is 0 Å². The second-order valence-electron chi connectivity index (χ2n) is 6.05. The van der Waals surface area contributed by atoms with Crippen molar-refractivity contribution in [2.75, 3.05) is 20.2 Å². The molecule has 0 aliphatic carbocycles. The van der Waals surface area contributed by atoms with E-state index in [-0.39, 0.29) is 0 Å². The second kappa shape index (κ2) is 7.27. The summed E-state index contributed by atoms with van der Waals surface area (Å²) in [5, 5.41) is 4.81. The van der Waals surface area contributed by atoms with Gasteiger partial charge in [-0.15, -0.1) is 5.10 Å². The molecule has 23 heavy (non-hydrogen) atoms. The van der Waals surface area contributed by atoms with E-state index in [0.717, 1.165) is 35.1 Å². The van der Waals surface area contributed by atoms with E-state index < -0.39 is 0 Å². The topological polar surface area (TPSA) is 36.4 Å². The maximum atomic E-state index is 5.65. The number of aromatic nitrogens is 3. The van der Waals surface area contributed by atoms with Crippen molar-refractivity contribution < 1.29 is 9.64 Å². The lowest BCUT2D eigenvalue weighted by Gasteiger charge is -2.22. The van der Waals surface area contributed by atoms with Crippen LogP contribution in [0.15, 0.2) is 24.3 Å². The molecule has 5 nitrogen and oxygen atoms in total. The molecule has 0 spiro atoms. The van der Waals surface area contributed by atoms with E-state index in [2.05, 4.69) is 11.5 Å². The SMILES string of the molecule is CCn1c(-c2ccc(OC)cc2)nn(C[NH+]2CCCCC2)c1=S. The van der Waals surface area contributed by atoms with Crippen molar-refractivity contribution in [2.45, 2.75) is 39.4 Å². The molecule has 0 bridgehead atoms. The second-order valence-corrected chi connectivity index (χ2v) is 6.41. The molecule has 1 aromatic heterocycles. The predicted molar refractivity (Wildman–Crippen MR) is 93.3 cm³/mol. The van der Waals surface area contributed by atoms with Gasteiger partial charge in [0.2, 0.25) is 4.77 Å². The molecule has 1 N–H and O–H groups in total. The maximum Gasteiger partial charge on any atom is 0.203 e. The first kappa shape index (κ1) is 16.2. The summed E-state index contributed by atoms with van der Waals surface area (Å²) >= 11 is 5.65. The first-order valence-corrected chi connectivity index (χ1v) is 8.79. The molecule has 1 aliphatic heterocycles. The summed E-state index contributed by atoms with van der Waals surface area (Å²) in [4.78, 5) is 1.58. The van der Waals surface area contributed by atoms with Crippen molar-refractivity contribution in [3.8, 4) is 17.1 Å². The van der Waals surface area contributed by atoms with E-state index in [9.17, 15) is 0 Å². The number of piperidine rings is 1. The third-order valence-electron chi connectivity index (χ3n) is 4.52. The minimum absolute atomic E-state index is 0.816. The Labute approximate surface area is 142 Å². The molecule has 2 aromatic rings. The molecule has 0 saturated carbocycles. The highest BCUT2D eigenvalue weighted by atomic mass is 32.1. The van der Waals surface area contributed by atoms with Gasteiger partial charge in [0.1, 0.15) is 5.75 Å². The summed E-state index contributed by atoms with van der Waals surface area (Å²) < 4.78 is 10.2. The van der Waals surface area contributed by atoms with E-state index in [4.69, 9.17) is 22.1 Å². The van der Waals surface area contributed by atoms with Crippen LogP contribution in [0.1, 0.15) is 26.2 Å². The van der Waals surface area contributed by atoms with E-state index in [1.54, 1.807) is 12.0 Å². The third kappa shape index (κ3) is 3.48. The number of nitrogens with zero attached hydrogens (tertiary/aromatic N) is 3. The predicted octanol–water partition coefficient (Wildman–Crippen LogP) is 2.14. The number of likely N-dealkylation sites (tertiary alicyclic amines) is 1. The van der Waals surface area contributed by atoms with Crippen LogP contribution in [-0.4, -0.2) is 34.5 Å². The molecule has 3 rings (SSSR count). The average molecular weight is 333 g/mol. The Morgan fingerprint density at radius 3 is 2.48 bits per heavy atom. The van der Waals surface area contributed by atoms with Crippen molar-refractivity contribution in [2.24, 2.45) is 0 Å². The molecule has 2 heterocycles. The third-order valence-corrected chi connectivity index (χ3v) is 4.95. The monoisotopic (exact) mass is 333 g/mol. The molecule has 1 aliphatic rings. The number of nitrogens with one attached hydrogen (secondary N) is 1. The van der Waals surface area contributed by atoms with Gasteiger partial charge in [0.05, 0.1) is 20.2 Å². The molecule has 0 unspecified atom stereocenters. The van der Waals surface area contributed by atoms with Crippen LogP contribution in [-0.2, 0) is 13.2 Å². The van der Waals surface area contributed by atoms with Crippen LogP contribution < -0.4 is 9.64 Å². The Kier molecular flexibility index (Phi) is 5.13. The summed E-state index contributed by atoms with van der Waals surface area (Å²) in [6, 6.07) is 8.01. The first-order chi connectivity index (χ1) is 11.2. The van der Waals surface area contributed by atoms with E-state index in [1.807, 2.05) is 28.9 Å². The highest BCUT2D eigenvalue weighted by Crippen LogP contribution is 2.21. The fraction of sp³-hybridized carbons (Fsp3) is 0.529. The van der Waals surface area contributed by atoms with Gasteiger partial charge >= 0.3 is 0 Å². The number of hydrogen-bond acceptors (Lipinski definition) is 3. The number of ether oxygens (including phenoxy) is 1. The van der Waals surface area contributed by atoms with Crippen molar-refractivity contribution in [3.05, 3.63) is 29.0 Å². The first-order valence-electron chi connectivity index (χ1n) is 8.38. The number of methoxy groups -OCH3 is 1. The minimum Gasteiger partial charge on any atom is -0.497 e. The smallest absolute Gasteiger partial charge is 0.203 e. The summed E-state index contributed by atoms with van der Waals surface area (Å²) in [6.07, 6.45) is 3.97. The Morgan fingerprint density at radius 2 is 1.87 bits per heavy atom. The Morgan fingerprint density at radius 1 is 1.17 bits per heavy atom. The number of benzene rings is 1. The molecule has 0 atom stereocenters.